The van der Waals surface area contributed by atoms with Crippen molar-refractivity contribution < 1.29 is 0 Å². The van der Waals surface area contributed by atoms with E-state index < -0.39 is 0 Å². The summed E-state index contributed by atoms with van der Waals surface area (Å²) in [5.41, 5.74) is 12.7. The predicted octanol–water partition coefficient (Wildman–Crippen LogP) is 2.81. The Morgan fingerprint density at radius 1 is 1.33 bits per heavy atom. The molecule has 1 unspecified atom stereocenters. The zero-order chi connectivity index (χ0) is 10.8. The second-order valence-electron chi connectivity index (χ2n) is 3.68. The average molecular weight is 218 g/mol. The Bertz CT molecular complexity index is 449. The molecule has 2 aromatic rings. The van der Waals surface area contributed by atoms with Crippen LogP contribution in [-0.4, -0.2) is 4.98 Å². The summed E-state index contributed by atoms with van der Waals surface area (Å²) in [5, 5.41) is 2.01. The third-order valence-corrected chi connectivity index (χ3v) is 3.36. The van der Waals surface area contributed by atoms with Crippen LogP contribution >= 0.6 is 11.3 Å². The van der Waals surface area contributed by atoms with Crippen LogP contribution in [0.25, 0.3) is 0 Å². The molecular weight excluding hydrogens is 204 g/mol. The van der Waals surface area contributed by atoms with Crippen LogP contribution in [0.3, 0.4) is 0 Å². The van der Waals surface area contributed by atoms with Gasteiger partial charge in [-0.2, -0.15) is 0 Å². The lowest BCUT2D eigenvalue weighted by molar-refractivity contribution is 0.828. The number of nitrogens with two attached hydrogens (primary N) is 1. The molecular formula is C12H14N2S. The van der Waals surface area contributed by atoms with E-state index in [1.165, 1.54) is 16.7 Å². The number of aryl methyl sites for hydroxylation is 1. The Hall–Kier alpha value is -1.19. The summed E-state index contributed by atoms with van der Waals surface area (Å²) in [7, 11) is 0. The van der Waals surface area contributed by atoms with Gasteiger partial charge in [0, 0.05) is 5.38 Å². The molecule has 0 radical (unpaired) electrons. The summed E-state index contributed by atoms with van der Waals surface area (Å²) < 4.78 is 0. The van der Waals surface area contributed by atoms with Crippen LogP contribution in [0, 0.1) is 13.8 Å². The van der Waals surface area contributed by atoms with Crippen molar-refractivity contribution in [2.75, 3.05) is 0 Å². The van der Waals surface area contributed by atoms with Crippen molar-refractivity contribution >= 4 is 11.3 Å². The molecule has 0 aliphatic carbocycles. The fourth-order valence-electron chi connectivity index (χ4n) is 1.65. The summed E-state index contributed by atoms with van der Waals surface area (Å²) in [5.74, 6) is 0. The first-order valence-electron chi connectivity index (χ1n) is 4.90. The monoisotopic (exact) mass is 218 g/mol. The highest BCUT2D eigenvalue weighted by atomic mass is 32.1. The molecule has 2 N–H and O–H groups in total. The molecule has 15 heavy (non-hydrogen) atoms. The zero-order valence-electron chi connectivity index (χ0n) is 8.90. The van der Waals surface area contributed by atoms with Gasteiger partial charge in [-0.1, -0.05) is 18.2 Å². The highest BCUT2D eigenvalue weighted by Gasteiger charge is 2.13. The quantitative estimate of drug-likeness (QED) is 0.841. The van der Waals surface area contributed by atoms with Gasteiger partial charge >= 0.3 is 0 Å². The van der Waals surface area contributed by atoms with Crippen LogP contribution in [0.5, 0.6) is 0 Å². The molecule has 0 spiro atoms. The zero-order valence-corrected chi connectivity index (χ0v) is 9.71. The first-order valence-corrected chi connectivity index (χ1v) is 5.84. The van der Waals surface area contributed by atoms with Gasteiger partial charge < -0.3 is 5.73 Å². The van der Waals surface area contributed by atoms with E-state index in [-0.39, 0.29) is 6.04 Å². The van der Waals surface area contributed by atoms with Crippen molar-refractivity contribution in [1.82, 2.24) is 4.98 Å². The minimum atomic E-state index is -0.101. The fraction of sp³-hybridized carbons (Fsp3) is 0.250. The molecule has 2 rings (SSSR count). The van der Waals surface area contributed by atoms with Gasteiger partial charge in [0.25, 0.3) is 0 Å². The topological polar surface area (TPSA) is 38.9 Å². The predicted molar refractivity (Wildman–Crippen MR) is 64.1 cm³/mol. The van der Waals surface area contributed by atoms with Gasteiger partial charge in [-0.3, -0.25) is 0 Å². The Balaban J connectivity index is 2.42. The summed E-state index contributed by atoms with van der Waals surface area (Å²) >= 11 is 1.58. The average Bonchev–Trinajstić information content (AvgIpc) is 2.74. The maximum Gasteiger partial charge on any atom is 0.0795 e. The van der Waals surface area contributed by atoms with Crippen molar-refractivity contribution in [2.24, 2.45) is 5.73 Å². The van der Waals surface area contributed by atoms with E-state index in [2.05, 4.69) is 31.0 Å². The standard InChI is InChI=1S/C12H14N2S/c1-8-4-3-5-10(9(8)2)12(13)11-6-15-7-14-11/h3-7,12H,13H2,1-2H3. The van der Waals surface area contributed by atoms with Crippen molar-refractivity contribution in [3.8, 4) is 0 Å². The fourth-order valence-corrected chi connectivity index (χ4v) is 2.24. The van der Waals surface area contributed by atoms with E-state index in [4.69, 9.17) is 5.73 Å². The number of rotatable bonds is 2. The van der Waals surface area contributed by atoms with E-state index in [0.29, 0.717) is 0 Å². The molecule has 1 atom stereocenters. The minimum Gasteiger partial charge on any atom is -0.319 e. The van der Waals surface area contributed by atoms with Gasteiger partial charge in [0.1, 0.15) is 0 Å². The Kier molecular flexibility index (Phi) is 2.84. The van der Waals surface area contributed by atoms with Gasteiger partial charge in [0.15, 0.2) is 0 Å². The lowest BCUT2D eigenvalue weighted by Crippen LogP contribution is -2.13. The van der Waals surface area contributed by atoms with Gasteiger partial charge in [-0.15, -0.1) is 11.3 Å². The molecule has 0 amide bonds. The number of aromatic nitrogens is 1. The molecule has 0 saturated heterocycles. The van der Waals surface area contributed by atoms with Gasteiger partial charge in [-0.25, -0.2) is 4.98 Å². The van der Waals surface area contributed by atoms with Crippen LogP contribution in [-0.2, 0) is 0 Å². The van der Waals surface area contributed by atoms with E-state index in [1.807, 2.05) is 17.0 Å². The summed E-state index contributed by atoms with van der Waals surface area (Å²) in [6, 6.07) is 6.12. The molecule has 1 aromatic carbocycles. The van der Waals surface area contributed by atoms with Crippen molar-refractivity contribution in [3.63, 3.8) is 0 Å². The van der Waals surface area contributed by atoms with E-state index in [9.17, 15) is 0 Å². The van der Waals surface area contributed by atoms with Crippen LogP contribution in [0.2, 0.25) is 0 Å². The SMILES string of the molecule is Cc1cccc(C(N)c2cscn2)c1C. The number of nitrogens with zero attached hydrogens (tertiary/aromatic N) is 1. The molecule has 3 heteroatoms. The Morgan fingerprint density at radius 2 is 2.13 bits per heavy atom. The summed E-state index contributed by atoms with van der Waals surface area (Å²) in [4.78, 5) is 4.26. The van der Waals surface area contributed by atoms with Crippen molar-refractivity contribution in [1.29, 1.82) is 0 Å². The molecule has 1 aromatic heterocycles. The van der Waals surface area contributed by atoms with E-state index >= 15 is 0 Å². The van der Waals surface area contributed by atoms with Crippen LogP contribution in [0.1, 0.15) is 28.4 Å². The molecule has 0 bridgehead atoms. The third kappa shape index (κ3) is 1.94. The smallest absolute Gasteiger partial charge is 0.0795 e. The van der Waals surface area contributed by atoms with Gasteiger partial charge in [0.2, 0.25) is 0 Å². The molecule has 78 valence electrons. The lowest BCUT2D eigenvalue weighted by Gasteiger charge is -2.14. The summed E-state index contributed by atoms with van der Waals surface area (Å²) in [6.07, 6.45) is 0. The van der Waals surface area contributed by atoms with Gasteiger partial charge in [-0.05, 0) is 30.5 Å². The first-order chi connectivity index (χ1) is 7.20. The molecule has 2 nitrogen and oxygen atoms in total. The van der Waals surface area contributed by atoms with E-state index in [0.717, 1.165) is 5.69 Å². The second-order valence-corrected chi connectivity index (χ2v) is 4.40. The largest absolute Gasteiger partial charge is 0.319 e. The first kappa shape index (κ1) is 10.3. The number of hydrogen-bond donors (Lipinski definition) is 1. The maximum atomic E-state index is 6.17. The summed E-state index contributed by atoms with van der Waals surface area (Å²) in [6.45, 7) is 4.21. The molecule has 0 saturated carbocycles. The Labute approximate surface area is 93.8 Å². The van der Waals surface area contributed by atoms with Crippen LogP contribution < -0.4 is 5.73 Å². The Morgan fingerprint density at radius 3 is 2.80 bits per heavy atom. The molecule has 0 aliphatic rings. The maximum absolute atomic E-state index is 6.17. The van der Waals surface area contributed by atoms with Crippen LogP contribution in [0.15, 0.2) is 29.1 Å². The van der Waals surface area contributed by atoms with E-state index in [1.54, 1.807) is 11.3 Å². The number of hydrogen-bond acceptors (Lipinski definition) is 3. The molecule has 1 heterocycles. The molecule has 0 fully saturated rings. The number of benzene rings is 1. The van der Waals surface area contributed by atoms with Crippen molar-refractivity contribution in [3.05, 3.63) is 51.5 Å². The lowest BCUT2D eigenvalue weighted by atomic mass is 9.97. The van der Waals surface area contributed by atoms with Gasteiger partial charge in [0.05, 0.1) is 17.2 Å². The highest BCUT2D eigenvalue weighted by molar-refractivity contribution is 7.07. The molecule has 0 aliphatic heterocycles. The second kappa shape index (κ2) is 4.13. The third-order valence-electron chi connectivity index (χ3n) is 2.75. The normalized spacial score (nSPS) is 12.7. The number of thiazole rings is 1. The van der Waals surface area contributed by atoms with Crippen molar-refractivity contribution in [2.45, 2.75) is 19.9 Å². The van der Waals surface area contributed by atoms with Crippen LogP contribution in [0.4, 0.5) is 0 Å². The highest BCUT2D eigenvalue weighted by Crippen LogP contribution is 2.24. The minimum absolute atomic E-state index is 0.101.